The van der Waals surface area contributed by atoms with Gasteiger partial charge in [-0.1, -0.05) is 52.7 Å². The maximum Gasteiger partial charge on any atom is 0.316 e. The number of nitrogens with one attached hydrogen (secondary N) is 1. The summed E-state index contributed by atoms with van der Waals surface area (Å²) in [5, 5.41) is 15.8. The van der Waals surface area contributed by atoms with Crippen LogP contribution in [0.15, 0.2) is 29.2 Å². The Hall–Kier alpha value is -1.45. The monoisotopic (exact) mass is 629 g/mol. The van der Waals surface area contributed by atoms with E-state index in [4.69, 9.17) is 16.2 Å². The van der Waals surface area contributed by atoms with Crippen LogP contribution in [0.25, 0.3) is 0 Å². The zero-order valence-electron chi connectivity index (χ0n) is 27.7. The minimum Gasteiger partial charge on any atom is -0.461 e. The topological polar surface area (TPSA) is 128 Å². The van der Waals surface area contributed by atoms with Crippen molar-refractivity contribution in [2.24, 2.45) is 45.5 Å². The van der Waals surface area contributed by atoms with Crippen molar-refractivity contribution in [2.45, 2.75) is 115 Å². The molecule has 3 aliphatic carbocycles. The number of hydrogen-bond acceptors (Lipinski definition) is 8. The fourth-order valence-corrected chi connectivity index (χ4v) is 9.73. The maximum atomic E-state index is 13.7. The van der Waals surface area contributed by atoms with Gasteiger partial charge in [0.15, 0.2) is 0 Å². The SMILES string of the molecule is C[C@@H]1CC[C@@]23CCC(=O)[C@H]2[C@]1(C)[C@H](OC(=O)CSc1ccc(CCCN)cc1)C[C@](C)(CNCCCCCCN)[C@@H](O)[C@@H]3C. The summed E-state index contributed by atoms with van der Waals surface area (Å²) in [6.45, 7) is 11.8. The first-order valence-corrected chi connectivity index (χ1v) is 18.2. The number of benzene rings is 1. The molecule has 0 unspecified atom stereocenters. The van der Waals surface area contributed by atoms with Gasteiger partial charge in [-0.15, -0.1) is 11.8 Å². The molecule has 248 valence electrons. The summed E-state index contributed by atoms with van der Waals surface area (Å²) in [5.74, 6) is 0.278. The third-order valence-electron chi connectivity index (χ3n) is 12.0. The minimum absolute atomic E-state index is 0.0119. The van der Waals surface area contributed by atoms with Gasteiger partial charge >= 0.3 is 5.97 Å². The minimum atomic E-state index is -0.605. The third-order valence-corrected chi connectivity index (χ3v) is 12.9. The Morgan fingerprint density at radius 3 is 2.45 bits per heavy atom. The highest BCUT2D eigenvalue weighted by Crippen LogP contribution is 2.67. The molecule has 1 aromatic carbocycles. The van der Waals surface area contributed by atoms with Crippen molar-refractivity contribution >= 4 is 23.5 Å². The lowest BCUT2D eigenvalue weighted by molar-refractivity contribution is -0.210. The van der Waals surface area contributed by atoms with Gasteiger partial charge in [0.05, 0.1) is 11.9 Å². The van der Waals surface area contributed by atoms with Crippen molar-refractivity contribution in [2.75, 3.05) is 31.9 Å². The van der Waals surface area contributed by atoms with E-state index in [1.54, 1.807) is 0 Å². The number of aliphatic hydroxyl groups is 1. The van der Waals surface area contributed by atoms with E-state index < -0.39 is 23.0 Å². The first kappa shape index (κ1) is 35.4. The van der Waals surface area contributed by atoms with Gasteiger partial charge in [0.25, 0.3) is 0 Å². The molecule has 44 heavy (non-hydrogen) atoms. The van der Waals surface area contributed by atoms with E-state index in [2.05, 4.69) is 57.3 Å². The van der Waals surface area contributed by atoms with E-state index in [9.17, 15) is 14.7 Å². The molecule has 2 bridgehead atoms. The number of Topliss-reactive ketones (excluding diaryl/α,β-unsaturated/α-hetero) is 1. The predicted octanol–water partition coefficient (Wildman–Crippen LogP) is 5.50. The summed E-state index contributed by atoms with van der Waals surface area (Å²) in [4.78, 5) is 28.4. The summed E-state index contributed by atoms with van der Waals surface area (Å²) in [5.41, 5.74) is 11.3. The molecule has 4 rings (SSSR count). The molecule has 8 atom stereocenters. The van der Waals surface area contributed by atoms with E-state index in [1.807, 2.05) is 0 Å². The number of nitrogens with two attached hydrogens (primary N) is 2. The quantitative estimate of drug-likeness (QED) is 0.114. The van der Waals surface area contributed by atoms with E-state index in [0.29, 0.717) is 31.7 Å². The lowest BCUT2D eigenvalue weighted by atomic mass is 9.44. The van der Waals surface area contributed by atoms with Crippen LogP contribution in [0, 0.1) is 34.0 Å². The number of hydrogen-bond donors (Lipinski definition) is 4. The number of ketones is 1. The molecule has 0 spiro atoms. The van der Waals surface area contributed by atoms with Crippen LogP contribution < -0.4 is 16.8 Å². The molecule has 3 saturated carbocycles. The number of unbranched alkanes of at least 4 members (excludes halogenated alkanes) is 3. The Balaban J connectivity index is 1.55. The average molecular weight is 630 g/mol. The molecule has 8 heteroatoms. The first-order chi connectivity index (χ1) is 21.0. The van der Waals surface area contributed by atoms with Crippen LogP contribution in [0.2, 0.25) is 0 Å². The number of carbonyl (C=O) groups is 2. The van der Waals surface area contributed by atoms with Crippen LogP contribution in [0.3, 0.4) is 0 Å². The Morgan fingerprint density at radius 1 is 1.05 bits per heavy atom. The van der Waals surface area contributed by atoms with E-state index in [-0.39, 0.29) is 34.9 Å². The highest BCUT2D eigenvalue weighted by atomic mass is 32.2. The molecule has 0 aliphatic heterocycles. The number of rotatable bonds is 15. The summed E-state index contributed by atoms with van der Waals surface area (Å²) in [6, 6.07) is 8.33. The molecular weight excluding hydrogens is 570 g/mol. The third kappa shape index (κ3) is 7.41. The summed E-state index contributed by atoms with van der Waals surface area (Å²) in [6.07, 6.45) is 9.09. The number of esters is 1. The summed E-state index contributed by atoms with van der Waals surface area (Å²) in [7, 11) is 0. The second-order valence-electron chi connectivity index (χ2n) is 14.7. The Bertz CT molecular complexity index is 1100. The summed E-state index contributed by atoms with van der Waals surface area (Å²) >= 11 is 1.49. The smallest absolute Gasteiger partial charge is 0.316 e. The van der Waals surface area contributed by atoms with E-state index >= 15 is 0 Å². The van der Waals surface area contributed by atoms with Gasteiger partial charge in [0.2, 0.25) is 0 Å². The lowest BCUT2D eigenvalue weighted by Crippen LogP contribution is -2.64. The van der Waals surface area contributed by atoms with Gasteiger partial charge < -0.3 is 26.6 Å². The lowest BCUT2D eigenvalue weighted by Gasteiger charge is -2.62. The second kappa shape index (κ2) is 15.4. The Kier molecular flexibility index (Phi) is 12.4. The highest BCUT2D eigenvalue weighted by Gasteiger charge is 2.68. The molecule has 7 nitrogen and oxygen atoms in total. The second-order valence-corrected chi connectivity index (χ2v) is 15.8. The van der Waals surface area contributed by atoms with Gasteiger partial charge in [-0.05, 0) is 106 Å². The number of aliphatic hydroxyl groups excluding tert-OH is 1. The van der Waals surface area contributed by atoms with Gasteiger partial charge in [-0.3, -0.25) is 9.59 Å². The largest absolute Gasteiger partial charge is 0.461 e. The fourth-order valence-electron chi connectivity index (χ4n) is 9.05. The fraction of sp³-hybridized carbons (Fsp3) is 0.778. The van der Waals surface area contributed by atoms with Crippen molar-refractivity contribution in [3.05, 3.63) is 29.8 Å². The van der Waals surface area contributed by atoms with E-state index in [0.717, 1.165) is 75.8 Å². The van der Waals surface area contributed by atoms with Crippen molar-refractivity contribution in [1.82, 2.24) is 5.32 Å². The van der Waals surface area contributed by atoms with Crippen molar-refractivity contribution in [1.29, 1.82) is 0 Å². The van der Waals surface area contributed by atoms with Crippen LogP contribution >= 0.6 is 11.8 Å². The molecule has 1 aromatic rings. The normalized spacial score (nSPS) is 35.2. The number of ether oxygens (including phenoxy) is 1. The molecule has 0 amide bonds. The molecule has 0 aromatic heterocycles. The molecule has 0 heterocycles. The molecule has 0 radical (unpaired) electrons. The zero-order valence-corrected chi connectivity index (χ0v) is 28.6. The molecular formula is C36H59N3O4S. The van der Waals surface area contributed by atoms with Crippen LogP contribution in [-0.4, -0.2) is 61.0 Å². The average Bonchev–Trinajstić information content (AvgIpc) is 3.37. The van der Waals surface area contributed by atoms with E-state index in [1.165, 1.54) is 17.3 Å². The standard InChI is InChI=1S/C36H59N3O4S/c1-25-15-17-36-18-16-29(40)32(36)35(25,4)30(43-31(41)23-44-28-13-11-27(12-14-28)10-9-20-38)22-34(3,33(42)26(36)2)24-39-21-8-6-5-7-19-37/h11-14,25-26,30,32-33,39,42H,5-10,15-24,37-38H2,1-4H3/t25-,26+,30-,32+,33+,34-,35+,36+/m1/s1. The van der Waals surface area contributed by atoms with Crippen LogP contribution in [0.5, 0.6) is 0 Å². The van der Waals surface area contributed by atoms with Gasteiger partial charge in [0.1, 0.15) is 11.9 Å². The molecule has 0 saturated heterocycles. The molecule has 6 N–H and O–H groups in total. The number of thioether (sulfide) groups is 1. The first-order valence-electron chi connectivity index (χ1n) is 17.2. The molecule has 3 fully saturated rings. The highest BCUT2D eigenvalue weighted by molar-refractivity contribution is 8.00. The Labute approximate surface area is 270 Å². The van der Waals surface area contributed by atoms with Crippen LogP contribution in [0.1, 0.15) is 97.5 Å². The predicted molar refractivity (Wildman–Crippen MR) is 179 cm³/mol. The van der Waals surface area contributed by atoms with Gasteiger partial charge in [-0.2, -0.15) is 0 Å². The maximum absolute atomic E-state index is 13.7. The molecule has 3 aliphatic rings. The van der Waals surface area contributed by atoms with Gasteiger partial charge in [0, 0.05) is 34.6 Å². The van der Waals surface area contributed by atoms with Crippen molar-refractivity contribution < 1.29 is 19.4 Å². The van der Waals surface area contributed by atoms with Crippen molar-refractivity contribution in [3.8, 4) is 0 Å². The summed E-state index contributed by atoms with van der Waals surface area (Å²) < 4.78 is 6.51. The zero-order chi connectivity index (χ0) is 32.0. The number of carbonyl (C=O) groups excluding carboxylic acids is 2. The Morgan fingerprint density at radius 2 is 1.75 bits per heavy atom. The van der Waals surface area contributed by atoms with Crippen molar-refractivity contribution in [3.63, 3.8) is 0 Å². The van der Waals surface area contributed by atoms with Crippen LogP contribution in [0.4, 0.5) is 0 Å². The number of aryl methyl sites for hydroxylation is 1. The van der Waals surface area contributed by atoms with Crippen LogP contribution in [-0.2, 0) is 20.7 Å². The van der Waals surface area contributed by atoms with Gasteiger partial charge in [-0.25, -0.2) is 0 Å².